The van der Waals surface area contributed by atoms with Gasteiger partial charge in [0.2, 0.25) is 15.9 Å². The lowest BCUT2D eigenvalue weighted by atomic mass is 9.95. The molecule has 0 saturated carbocycles. The molecule has 0 bridgehead atoms. The highest BCUT2D eigenvalue weighted by molar-refractivity contribution is 7.88. The molecule has 0 atom stereocenters. The second-order valence-corrected chi connectivity index (χ2v) is 13.4. The molecule has 224 valence electrons. The van der Waals surface area contributed by atoms with E-state index in [0.29, 0.717) is 44.9 Å². The third-order valence-electron chi connectivity index (χ3n) is 7.00. The molecular formula is C31H29FN8O3S. The van der Waals surface area contributed by atoms with Crippen molar-refractivity contribution in [3.63, 3.8) is 0 Å². The third kappa shape index (κ3) is 6.05. The highest BCUT2D eigenvalue weighted by Gasteiger charge is 2.22. The summed E-state index contributed by atoms with van der Waals surface area (Å²) in [5.41, 5.74) is 5.82. The van der Waals surface area contributed by atoms with Crippen molar-refractivity contribution < 1.29 is 17.6 Å². The zero-order valence-electron chi connectivity index (χ0n) is 24.4. The van der Waals surface area contributed by atoms with Gasteiger partial charge in [-0.15, -0.1) is 0 Å². The average molecular weight is 613 g/mol. The number of carbonyl (C=O) groups is 1. The van der Waals surface area contributed by atoms with Crippen LogP contribution in [0.1, 0.15) is 26.3 Å². The van der Waals surface area contributed by atoms with Crippen LogP contribution in [0.2, 0.25) is 0 Å². The standard InChI is InChI=1S/C31H29FN8O3S/c1-31(2,3)30(41)36-22-10-20(13-33-14-22)18-5-6-25-23(11-18)28(40-39-25)29-37-26-16-34-15-24(27(26)38-29)19-7-17(8-21(32)9-19)12-35-44(4,42)43/h5-11,13-16,35H,12H2,1-4H3,(H,36,41)(H,37,38)(H,39,40). The zero-order chi connectivity index (χ0) is 31.2. The number of fused-ring (bicyclic) bond motifs is 2. The van der Waals surface area contributed by atoms with E-state index in [2.05, 4.69) is 35.2 Å². The first kappa shape index (κ1) is 29.1. The molecule has 0 fully saturated rings. The van der Waals surface area contributed by atoms with Gasteiger partial charge in [0, 0.05) is 40.9 Å². The molecule has 13 heteroatoms. The van der Waals surface area contributed by atoms with Gasteiger partial charge < -0.3 is 10.3 Å². The first-order valence-electron chi connectivity index (χ1n) is 13.7. The number of aromatic nitrogens is 6. The van der Waals surface area contributed by atoms with Crippen LogP contribution in [0.25, 0.3) is 55.7 Å². The predicted molar refractivity (Wildman–Crippen MR) is 167 cm³/mol. The molecule has 6 rings (SSSR count). The van der Waals surface area contributed by atoms with Crippen molar-refractivity contribution in [1.82, 2.24) is 34.9 Å². The average Bonchev–Trinajstić information content (AvgIpc) is 3.59. The molecule has 4 heterocycles. The maximum Gasteiger partial charge on any atom is 0.229 e. The highest BCUT2D eigenvalue weighted by Crippen LogP contribution is 2.33. The van der Waals surface area contributed by atoms with E-state index in [0.717, 1.165) is 28.3 Å². The molecule has 1 amide bonds. The van der Waals surface area contributed by atoms with E-state index in [1.165, 1.54) is 12.1 Å². The summed E-state index contributed by atoms with van der Waals surface area (Å²) in [5.74, 6) is -0.136. The number of amides is 1. The summed E-state index contributed by atoms with van der Waals surface area (Å²) in [6.07, 6.45) is 7.61. The second kappa shape index (κ2) is 10.9. The van der Waals surface area contributed by atoms with Crippen LogP contribution in [0.5, 0.6) is 0 Å². The van der Waals surface area contributed by atoms with Crippen LogP contribution in [0.3, 0.4) is 0 Å². The number of nitrogens with one attached hydrogen (secondary N) is 4. The van der Waals surface area contributed by atoms with Crippen LogP contribution in [0.4, 0.5) is 10.1 Å². The Morgan fingerprint density at radius 1 is 0.932 bits per heavy atom. The van der Waals surface area contributed by atoms with E-state index >= 15 is 0 Å². The largest absolute Gasteiger partial charge is 0.335 e. The monoisotopic (exact) mass is 612 g/mol. The summed E-state index contributed by atoms with van der Waals surface area (Å²) >= 11 is 0. The molecule has 0 radical (unpaired) electrons. The molecule has 0 saturated heterocycles. The van der Waals surface area contributed by atoms with E-state index < -0.39 is 21.3 Å². The van der Waals surface area contributed by atoms with Crippen molar-refractivity contribution in [2.75, 3.05) is 11.6 Å². The molecule has 0 aliphatic heterocycles. The molecule has 4 aromatic heterocycles. The van der Waals surface area contributed by atoms with E-state index in [1.54, 1.807) is 30.9 Å². The quantitative estimate of drug-likeness (QED) is 0.188. The van der Waals surface area contributed by atoms with Crippen molar-refractivity contribution in [2.24, 2.45) is 5.41 Å². The number of aromatic amines is 2. The fraction of sp³-hybridized carbons (Fsp3) is 0.194. The molecule has 11 nitrogen and oxygen atoms in total. The predicted octanol–water partition coefficient (Wildman–Crippen LogP) is 5.40. The number of hydrogen-bond donors (Lipinski definition) is 4. The minimum absolute atomic E-state index is 0.0538. The first-order valence-corrected chi connectivity index (χ1v) is 15.6. The van der Waals surface area contributed by atoms with Gasteiger partial charge in [0.05, 0.1) is 40.9 Å². The molecular weight excluding hydrogens is 583 g/mol. The van der Waals surface area contributed by atoms with Gasteiger partial charge >= 0.3 is 0 Å². The van der Waals surface area contributed by atoms with Crippen LogP contribution in [0.15, 0.2) is 67.3 Å². The Balaban J connectivity index is 1.37. The van der Waals surface area contributed by atoms with Gasteiger partial charge in [-0.25, -0.2) is 22.5 Å². The number of sulfonamides is 1. The lowest BCUT2D eigenvalue weighted by Gasteiger charge is -2.17. The third-order valence-corrected chi connectivity index (χ3v) is 7.67. The van der Waals surface area contributed by atoms with Gasteiger partial charge in [-0.2, -0.15) is 5.10 Å². The Kier molecular flexibility index (Phi) is 7.22. The normalized spacial score (nSPS) is 12.2. The number of halogens is 1. The number of hydrogen-bond acceptors (Lipinski definition) is 7. The van der Waals surface area contributed by atoms with Crippen LogP contribution < -0.4 is 10.0 Å². The van der Waals surface area contributed by atoms with Crippen molar-refractivity contribution in [1.29, 1.82) is 0 Å². The molecule has 6 aromatic rings. The maximum atomic E-state index is 14.6. The first-order chi connectivity index (χ1) is 20.8. The molecule has 0 aliphatic carbocycles. The Hall–Kier alpha value is -5.01. The van der Waals surface area contributed by atoms with Crippen LogP contribution in [-0.2, 0) is 21.4 Å². The maximum absolute atomic E-state index is 14.6. The van der Waals surface area contributed by atoms with Gasteiger partial charge in [0.1, 0.15) is 11.5 Å². The van der Waals surface area contributed by atoms with Crippen molar-refractivity contribution >= 4 is 43.6 Å². The lowest BCUT2D eigenvalue weighted by molar-refractivity contribution is -0.123. The lowest BCUT2D eigenvalue weighted by Crippen LogP contribution is -2.27. The number of imidazole rings is 1. The number of carbonyl (C=O) groups excluding carboxylic acids is 1. The van der Waals surface area contributed by atoms with Gasteiger partial charge in [0.15, 0.2) is 5.82 Å². The summed E-state index contributed by atoms with van der Waals surface area (Å²) in [6.45, 7) is 5.49. The zero-order valence-corrected chi connectivity index (χ0v) is 25.2. The van der Waals surface area contributed by atoms with E-state index in [-0.39, 0.29) is 12.5 Å². The summed E-state index contributed by atoms with van der Waals surface area (Å²) in [4.78, 5) is 29.2. The number of rotatable bonds is 7. The topological polar surface area (TPSA) is 158 Å². The molecule has 0 unspecified atom stereocenters. The van der Waals surface area contributed by atoms with E-state index in [4.69, 9.17) is 4.98 Å². The second-order valence-electron chi connectivity index (χ2n) is 11.6. The fourth-order valence-electron chi connectivity index (χ4n) is 4.74. The Morgan fingerprint density at radius 2 is 1.73 bits per heavy atom. The van der Waals surface area contributed by atoms with Crippen LogP contribution in [-0.4, -0.2) is 50.7 Å². The van der Waals surface area contributed by atoms with Crippen molar-refractivity contribution in [2.45, 2.75) is 27.3 Å². The van der Waals surface area contributed by atoms with Gasteiger partial charge in [-0.05, 0) is 53.1 Å². The highest BCUT2D eigenvalue weighted by atomic mass is 32.2. The summed E-state index contributed by atoms with van der Waals surface area (Å²) in [5, 5.41) is 11.3. The Labute approximate surface area is 252 Å². The number of anilines is 1. The summed E-state index contributed by atoms with van der Waals surface area (Å²) < 4.78 is 40.1. The minimum atomic E-state index is -3.45. The number of pyridine rings is 2. The number of nitrogens with zero attached hydrogens (tertiary/aromatic N) is 4. The molecule has 44 heavy (non-hydrogen) atoms. The molecule has 0 aliphatic rings. The van der Waals surface area contributed by atoms with Crippen LogP contribution >= 0.6 is 0 Å². The minimum Gasteiger partial charge on any atom is -0.335 e. The van der Waals surface area contributed by atoms with Gasteiger partial charge in [-0.3, -0.25) is 19.9 Å². The van der Waals surface area contributed by atoms with Crippen LogP contribution in [0, 0.1) is 11.2 Å². The Bertz CT molecular complexity index is 2170. The van der Waals surface area contributed by atoms with E-state index in [1.807, 2.05) is 45.0 Å². The van der Waals surface area contributed by atoms with Gasteiger partial charge in [0.25, 0.3) is 0 Å². The molecule has 0 spiro atoms. The fourth-order valence-corrected chi connectivity index (χ4v) is 5.17. The number of benzene rings is 2. The smallest absolute Gasteiger partial charge is 0.229 e. The van der Waals surface area contributed by atoms with E-state index in [9.17, 15) is 17.6 Å². The number of H-pyrrole nitrogens is 2. The molecule has 4 N–H and O–H groups in total. The summed E-state index contributed by atoms with van der Waals surface area (Å²) in [7, 11) is -3.45. The van der Waals surface area contributed by atoms with Crippen molar-refractivity contribution in [3.05, 3.63) is 78.6 Å². The van der Waals surface area contributed by atoms with Gasteiger partial charge in [-0.1, -0.05) is 26.8 Å². The Morgan fingerprint density at radius 3 is 2.50 bits per heavy atom. The molecule has 2 aromatic carbocycles. The summed E-state index contributed by atoms with van der Waals surface area (Å²) in [6, 6.07) is 12.0. The SMILES string of the molecule is CC(C)(C)C(=O)Nc1cncc(-c2ccc3[nH]nc(-c4nc5c(-c6cc(F)cc(CNS(C)(=O)=O)c6)cncc5[nH]4)c3c2)c1. The van der Waals surface area contributed by atoms with Crippen molar-refractivity contribution in [3.8, 4) is 33.8 Å².